The Morgan fingerprint density at radius 3 is 2.47 bits per heavy atom. The molecule has 0 radical (unpaired) electrons. The minimum absolute atomic E-state index is 0.0392. The molecule has 1 fully saturated rings. The van der Waals surface area contributed by atoms with Crippen molar-refractivity contribution in [2.24, 2.45) is 0 Å². The Kier molecular flexibility index (Phi) is 7.78. The van der Waals surface area contributed by atoms with E-state index in [-0.39, 0.29) is 18.6 Å². The van der Waals surface area contributed by atoms with Gasteiger partial charge in [-0.3, -0.25) is 14.5 Å². The van der Waals surface area contributed by atoms with Crippen LogP contribution < -0.4 is 5.06 Å². The first-order valence-corrected chi connectivity index (χ1v) is 11.8. The lowest BCUT2D eigenvalue weighted by Gasteiger charge is -2.38. The number of aromatic nitrogens is 3. The van der Waals surface area contributed by atoms with Gasteiger partial charge < -0.3 is 4.74 Å². The number of halogens is 2. The fraction of sp³-hybridized carbons (Fsp3) is 0.333. The second kappa shape index (κ2) is 10.8. The summed E-state index contributed by atoms with van der Waals surface area (Å²) in [6, 6.07) is 13.5. The van der Waals surface area contributed by atoms with Gasteiger partial charge in [0, 0.05) is 11.4 Å². The summed E-state index contributed by atoms with van der Waals surface area (Å²) in [5.41, 5.74) is 1.89. The number of nitriles is 1. The number of hydroxylamine groups is 3. The van der Waals surface area contributed by atoms with Crippen LogP contribution in [-0.2, 0) is 25.6 Å². The van der Waals surface area contributed by atoms with Crippen molar-refractivity contribution >= 4 is 34.9 Å². The van der Waals surface area contributed by atoms with Gasteiger partial charge in [0.2, 0.25) is 0 Å². The van der Waals surface area contributed by atoms with Crippen LogP contribution in [0.3, 0.4) is 0 Å². The zero-order chi connectivity index (χ0) is 25.9. The number of anilines is 1. The molecular formula is C24H24Cl2N6O4. The third kappa shape index (κ3) is 6.32. The molecule has 2 heterocycles. The van der Waals surface area contributed by atoms with E-state index in [1.165, 1.54) is 14.8 Å². The lowest BCUT2D eigenvalue weighted by atomic mass is 10.0. The Morgan fingerprint density at radius 1 is 1.14 bits per heavy atom. The summed E-state index contributed by atoms with van der Waals surface area (Å²) in [6.07, 6.45) is 1.85. The van der Waals surface area contributed by atoms with Crippen LogP contribution in [0.4, 0.5) is 5.69 Å². The first-order valence-electron chi connectivity index (χ1n) is 11.0. The minimum atomic E-state index is -0.785. The smallest absolute Gasteiger partial charge is 0.326 e. The zero-order valence-electron chi connectivity index (χ0n) is 19.9. The Labute approximate surface area is 218 Å². The summed E-state index contributed by atoms with van der Waals surface area (Å²) in [6.45, 7) is 5.30. The first kappa shape index (κ1) is 25.9. The third-order valence-electron chi connectivity index (χ3n) is 5.14. The molecule has 1 aliphatic heterocycles. The summed E-state index contributed by atoms with van der Waals surface area (Å²) >= 11 is 12.2. The zero-order valence-corrected chi connectivity index (χ0v) is 21.4. The van der Waals surface area contributed by atoms with Crippen molar-refractivity contribution in [2.75, 3.05) is 18.5 Å². The normalized spacial score (nSPS) is 15.4. The fourth-order valence-corrected chi connectivity index (χ4v) is 3.80. The monoisotopic (exact) mass is 530 g/mol. The maximum atomic E-state index is 13.1. The highest BCUT2D eigenvalue weighted by atomic mass is 35.5. The Morgan fingerprint density at radius 2 is 1.89 bits per heavy atom. The largest absolute Gasteiger partial charge is 0.459 e. The molecular weight excluding hydrogens is 507 g/mol. The highest BCUT2D eigenvalue weighted by Gasteiger charge is 2.35. The van der Waals surface area contributed by atoms with E-state index in [0.29, 0.717) is 28.4 Å². The number of carbonyl (C=O) groups is 1. The van der Waals surface area contributed by atoms with Gasteiger partial charge in [-0.2, -0.15) is 5.26 Å². The second-order valence-corrected chi connectivity index (χ2v) is 9.82. The van der Waals surface area contributed by atoms with Gasteiger partial charge in [0.15, 0.2) is 18.6 Å². The molecule has 10 nitrogen and oxygen atoms in total. The molecule has 1 saturated heterocycles. The first-order chi connectivity index (χ1) is 17.1. The molecule has 0 spiro atoms. The van der Waals surface area contributed by atoms with Crippen LogP contribution in [0.15, 0.2) is 48.7 Å². The van der Waals surface area contributed by atoms with E-state index in [2.05, 4.69) is 16.4 Å². The molecule has 0 saturated carbocycles. The molecule has 3 aromatic rings. The quantitative estimate of drug-likeness (QED) is 0.431. The summed E-state index contributed by atoms with van der Waals surface area (Å²) < 4.78 is 7.14. The van der Waals surface area contributed by atoms with E-state index < -0.39 is 17.6 Å². The SMILES string of the molecule is CC(C)(C)OC(=O)C(Cc1ccc(C#N)cc1)N1CON(c2cc(Cl)ccc2-n2cc(Cl)nn2)CO1. The summed E-state index contributed by atoms with van der Waals surface area (Å²) in [5.74, 6) is -0.454. The summed E-state index contributed by atoms with van der Waals surface area (Å²) in [5, 5.41) is 20.6. The number of carbonyl (C=O) groups excluding carboxylic acids is 1. The van der Waals surface area contributed by atoms with Gasteiger partial charge in [-0.1, -0.05) is 40.5 Å². The van der Waals surface area contributed by atoms with E-state index in [4.69, 9.17) is 42.9 Å². The number of ether oxygens (including phenoxy) is 1. The molecule has 0 amide bonds. The van der Waals surface area contributed by atoms with Gasteiger partial charge in [0.25, 0.3) is 0 Å². The maximum absolute atomic E-state index is 13.1. The van der Waals surface area contributed by atoms with E-state index in [1.807, 2.05) is 0 Å². The number of benzene rings is 2. The number of hydrogen-bond donors (Lipinski definition) is 0. The molecule has 12 heteroatoms. The van der Waals surface area contributed by atoms with Gasteiger partial charge >= 0.3 is 5.97 Å². The Bertz CT molecular complexity index is 1260. The average Bonchev–Trinajstić information content (AvgIpc) is 3.28. The van der Waals surface area contributed by atoms with E-state index in [9.17, 15) is 4.79 Å². The van der Waals surface area contributed by atoms with Crippen molar-refractivity contribution < 1.29 is 19.2 Å². The van der Waals surface area contributed by atoms with Crippen LogP contribution in [0.25, 0.3) is 5.69 Å². The number of rotatable bonds is 6. The van der Waals surface area contributed by atoms with Crippen molar-refractivity contribution in [1.82, 2.24) is 20.1 Å². The minimum Gasteiger partial charge on any atom is -0.459 e. The van der Waals surface area contributed by atoms with E-state index >= 15 is 0 Å². The topological polar surface area (TPSA) is 106 Å². The molecule has 0 N–H and O–H groups in total. The molecule has 36 heavy (non-hydrogen) atoms. The van der Waals surface area contributed by atoms with Crippen LogP contribution in [-0.4, -0.2) is 51.1 Å². The van der Waals surface area contributed by atoms with Crippen LogP contribution in [0, 0.1) is 11.3 Å². The Balaban J connectivity index is 1.53. The fourth-order valence-electron chi connectivity index (χ4n) is 3.51. The Hall–Kier alpha value is -3.20. The van der Waals surface area contributed by atoms with Gasteiger partial charge in [-0.25, -0.2) is 9.75 Å². The lowest BCUT2D eigenvalue weighted by molar-refractivity contribution is -0.284. The van der Waals surface area contributed by atoms with Crippen LogP contribution in [0.5, 0.6) is 0 Å². The van der Waals surface area contributed by atoms with Crippen molar-refractivity contribution in [3.8, 4) is 11.8 Å². The maximum Gasteiger partial charge on any atom is 0.326 e. The van der Waals surface area contributed by atoms with E-state index in [0.717, 1.165) is 5.56 Å². The van der Waals surface area contributed by atoms with Crippen molar-refractivity contribution in [2.45, 2.75) is 38.8 Å². The third-order valence-corrected chi connectivity index (χ3v) is 5.55. The molecule has 0 aliphatic carbocycles. The van der Waals surface area contributed by atoms with Crippen LogP contribution in [0.1, 0.15) is 31.9 Å². The predicted molar refractivity (Wildman–Crippen MR) is 132 cm³/mol. The number of nitrogens with zero attached hydrogens (tertiary/aromatic N) is 6. The summed E-state index contributed by atoms with van der Waals surface area (Å²) in [4.78, 5) is 25.0. The second-order valence-electron chi connectivity index (χ2n) is 8.99. The van der Waals surface area contributed by atoms with Crippen molar-refractivity contribution in [1.29, 1.82) is 5.26 Å². The molecule has 1 atom stereocenters. The van der Waals surface area contributed by atoms with Gasteiger partial charge in [0.1, 0.15) is 11.6 Å². The highest BCUT2D eigenvalue weighted by molar-refractivity contribution is 6.31. The molecule has 4 rings (SSSR count). The molecule has 188 valence electrons. The van der Waals surface area contributed by atoms with Crippen LogP contribution in [0.2, 0.25) is 10.2 Å². The van der Waals surface area contributed by atoms with Gasteiger partial charge in [-0.05, 0) is 56.7 Å². The van der Waals surface area contributed by atoms with Crippen molar-refractivity contribution in [3.05, 3.63) is 70.0 Å². The van der Waals surface area contributed by atoms with Gasteiger partial charge in [-0.15, -0.1) is 10.2 Å². The summed E-state index contributed by atoms with van der Waals surface area (Å²) in [7, 11) is 0. The molecule has 2 aromatic carbocycles. The molecule has 0 bridgehead atoms. The predicted octanol–water partition coefficient (Wildman–Crippen LogP) is 4.30. The number of hydrogen-bond acceptors (Lipinski definition) is 9. The molecule has 1 unspecified atom stereocenters. The molecule has 1 aliphatic rings. The van der Waals surface area contributed by atoms with E-state index in [1.54, 1.807) is 69.4 Å². The van der Waals surface area contributed by atoms with Crippen molar-refractivity contribution in [3.63, 3.8) is 0 Å². The van der Waals surface area contributed by atoms with Gasteiger partial charge in [0.05, 0.1) is 29.2 Å². The van der Waals surface area contributed by atoms with Crippen LogP contribution >= 0.6 is 23.2 Å². The number of esters is 1. The average molecular weight is 531 g/mol. The molecule has 1 aromatic heterocycles. The highest BCUT2D eigenvalue weighted by Crippen LogP contribution is 2.30. The lowest BCUT2D eigenvalue weighted by Crippen LogP contribution is -2.52. The standard InChI is InChI=1S/C24H24Cl2N6O4/c1-24(2,3)36-23(33)21(10-16-4-6-17(12-27)7-5-16)32-15-34-31(14-35-32)20-11-18(25)8-9-19(20)30-13-22(26)28-29-30/h4-9,11,13,21H,10,14-15H2,1-3H3.